The molecule has 2 rings (SSSR count). The van der Waals surface area contributed by atoms with Crippen LogP contribution in [0.1, 0.15) is 27.2 Å². The predicted octanol–water partition coefficient (Wildman–Crippen LogP) is 1.08. The topological polar surface area (TPSA) is 92.7 Å². The summed E-state index contributed by atoms with van der Waals surface area (Å²) in [4.78, 5) is 34.1. The lowest BCUT2D eigenvalue weighted by atomic mass is 9.90. The molecule has 1 fully saturated rings. The van der Waals surface area contributed by atoms with E-state index in [1.54, 1.807) is 26.8 Å². The second-order valence-electron chi connectivity index (χ2n) is 7.31. The molecule has 4 atom stereocenters. The van der Waals surface area contributed by atoms with E-state index in [1.807, 2.05) is 0 Å². The van der Waals surface area contributed by atoms with E-state index in [0.717, 1.165) is 0 Å². The van der Waals surface area contributed by atoms with E-state index in [4.69, 9.17) is 4.74 Å². The zero-order valence-electron chi connectivity index (χ0n) is 14.1. The van der Waals surface area contributed by atoms with Crippen molar-refractivity contribution < 1.29 is 46.5 Å². The first-order valence-electron chi connectivity index (χ1n) is 7.78. The molecule has 0 saturated heterocycles. The largest absolute Gasteiger partial charge is 0.544 e. The Balaban J connectivity index is 2.21. The fraction of sp³-hybridized carbons (Fsp3) is 0.688. The molecular weight excluding hydrogens is 364 g/mol. The lowest BCUT2D eigenvalue weighted by Crippen LogP contribution is -2.58. The molecule has 2 bridgehead atoms. The molecule has 2 aliphatic rings. The molecule has 26 heavy (non-hydrogen) atoms. The van der Waals surface area contributed by atoms with E-state index in [0.29, 0.717) is 6.42 Å². The van der Waals surface area contributed by atoms with Crippen molar-refractivity contribution in [1.29, 1.82) is 0 Å². The van der Waals surface area contributed by atoms with Crippen molar-refractivity contribution in [2.24, 2.45) is 17.8 Å². The van der Waals surface area contributed by atoms with Crippen molar-refractivity contribution >= 4 is 17.9 Å². The Morgan fingerprint density at radius 2 is 1.54 bits per heavy atom. The number of hydrogen-bond donors (Lipinski definition) is 0. The number of carboxylic acids is 1. The third-order valence-corrected chi connectivity index (χ3v) is 4.22. The fourth-order valence-corrected chi connectivity index (χ4v) is 3.07. The van der Waals surface area contributed by atoms with Gasteiger partial charge in [0.1, 0.15) is 23.6 Å². The molecule has 6 nitrogen and oxygen atoms in total. The number of alkyl halides is 4. The van der Waals surface area contributed by atoms with Crippen molar-refractivity contribution in [3.63, 3.8) is 0 Å². The fourth-order valence-electron chi connectivity index (χ4n) is 3.07. The number of aliphatic carboxylic acids is 1. The highest BCUT2D eigenvalue weighted by Crippen LogP contribution is 2.47. The van der Waals surface area contributed by atoms with Gasteiger partial charge in [-0.3, -0.25) is 4.79 Å². The van der Waals surface area contributed by atoms with E-state index in [1.165, 1.54) is 6.08 Å². The standard InChI is InChI=1S/C16H18F4O6/c1-14(2,3)26-11(21)9-7-4-5-8(6-7)10(9)25-13(24)16(19,20)15(17,18)12(22)23/h4-5,7-10H,6H2,1-3H3,(H,22,23)/p-1. The first-order chi connectivity index (χ1) is 11.7. The minimum atomic E-state index is -5.75. The minimum Gasteiger partial charge on any atom is -0.544 e. The number of carbonyl (C=O) groups is 3. The third kappa shape index (κ3) is 3.41. The molecule has 0 radical (unpaired) electrons. The maximum absolute atomic E-state index is 13.6. The lowest BCUT2D eigenvalue weighted by Gasteiger charge is -2.31. The maximum atomic E-state index is 13.6. The number of rotatable bonds is 5. The predicted molar refractivity (Wildman–Crippen MR) is 74.9 cm³/mol. The van der Waals surface area contributed by atoms with Gasteiger partial charge in [0.2, 0.25) is 0 Å². The van der Waals surface area contributed by atoms with Gasteiger partial charge in [0.15, 0.2) is 0 Å². The van der Waals surface area contributed by atoms with Crippen LogP contribution in [0.5, 0.6) is 0 Å². The molecule has 0 N–H and O–H groups in total. The summed E-state index contributed by atoms with van der Waals surface area (Å²) in [6.45, 7) is 4.72. The number of ether oxygens (including phenoxy) is 2. The van der Waals surface area contributed by atoms with Crippen molar-refractivity contribution in [3.8, 4) is 0 Å². The van der Waals surface area contributed by atoms with Crippen LogP contribution in [0.15, 0.2) is 12.2 Å². The number of fused-ring (bicyclic) bond motifs is 2. The Morgan fingerprint density at radius 1 is 1.00 bits per heavy atom. The van der Waals surface area contributed by atoms with E-state index in [2.05, 4.69) is 4.74 Å². The quantitative estimate of drug-likeness (QED) is 0.402. The first-order valence-corrected chi connectivity index (χ1v) is 7.78. The summed E-state index contributed by atoms with van der Waals surface area (Å²) >= 11 is 0. The van der Waals surface area contributed by atoms with Crippen molar-refractivity contribution in [1.82, 2.24) is 0 Å². The molecular formula is C16H17F4O6-. The molecule has 0 heterocycles. The Morgan fingerprint density at radius 3 is 2.04 bits per heavy atom. The summed E-state index contributed by atoms with van der Waals surface area (Å²) in [5.41, 5.74) is -0.900. The van der Waals surface area contributed by atoms with E-state index in [-0.39, 0.29) is 0 Å². The van der Waals surface area contributed by atoms with Crippen LogP contribution in [0, 0.1) is 17.8 Å². The molecule has 2 aliphatic carbocycles. The highest BCUT2D eigenvalue weighted by Gasteiger charge is 2.66. The molecule has 4 unspecified atom stereocenters. The van der Waals surface area contributed by atoms with Crippen molar-refractivity contribution in [2.45, 2.75) is 50.7 Å². The van der Waals surface area contributed by atoms with Gasteiger partial charge in [0.25, 0.3) is 0 Å². The van der Waals surface area contributed by atoms with Gasteiger partial charge in [-0.25, -0.2) is 4.79 Å². The first kappa shape index (κ1) is 20.2. The molecule has 0 spiro atoms. The van der Waals surface area contributed by atoms with Crippen molar-refractivity contribution in [2.75, 3.05) is 0 Å². The van der Waals surface area contributed by atoms with Gasteiger partial charge in [0, 0.05) is 5.92 Å². The summed E-state index contributed by atoms with van der Waals surface area (Å²) in [5, 5.41) is 10.2. The van der Waals surface area contributed by atoms with Gasteiger partial charge in [0.05, 0.1) is 0 Å². The molecule has 0 aromatic heterocycles. The van der Waals surface area contributed by atoms with E-state index >= 15 is 0 Å². The second kappa shape index (κ2) is 6.24. The van der Waals surface area contributed by atoms with Gasteiger partial charge in [-0.15, -0.1) is 0 Å². The summed E-state index contributed by atoms with van der Waals surface area (Å²) in [6, 6.07) is 0. The van der Waals surface area contributed by atoms with Gasteiger partial charge in [-0.05, 0) is 33.1 Å². The van der Waals surface area contributed by atoms with Crippen LogP contribution in [-0.4, -0.2) is 41.5 Å². The number of halogens is 4. The molecule has 10 heteroatoms. The van der Waals surface area contributed by atoms with Crippen LogP contribution < -0.4 is 5.11 Å². The number of carbonyl (C=O) groups excluding carboxylic acids is 3. The SMILES string of the molecule is CC(C)(C)OC(=O)C1C2C=CC(C2)C1OC(=O)C(F)(F)C(F)(F)C(=O)[O-]. The number of allylic oxidation sites excluding steroid dienone is 1. The van der Waals surface area contributed by atoms with Crippen LogP contribution >= 0.6 is 0 Å². The van der Waals surface area contributed by atoms with Crippen molar-refractivity contribution in [3.05, 3.63) is 12.2 Å². The molecule has 0 amide bonds. The van der Waals surface area contributed by atoms with Crippen LogP contribution in [0.3, 0.4) is 0 Å². The smallest absolute Gasteiger partial charge is 0.410 e. The monoisotopic (exact) mass is 381 g/mol. The number of esters is 2. The van der Waals surface area contributed by atoms with Gasteiger partial charge < -0.3 is 19.4 Å². The molecule has 1 saturated carbocycles. The van der Waals surface area contributed by atoms with Crippen LogP contribution in [0.4, 0.5) is 17.6 Å². The maximum Gasteiger partial charge on any atom is 0.410 e. The minimum absolute atomic E-state index is 0.296. The number of carboxylic acid groups (broad SMARTS) is 1. The second-order valence-corrected chi connectivity index (χ2v) is 7.31. The zero-order chi connectivity index (χ0) is 20.1. The molecule has 0 aromatic carbocycles. The van der Waals surface area contributed by atoms with E-state index < -0.39 is 59.2 Å². The Bertz CT molecular complexity index is 652. The number of hydrogen-bond acceptors (Lipinski definition) is 6. The lowest BCUT2D eigenvalue weighted by molar-refractivity contribution is -0.346. The van der Waals surface area contributed by atoms with Gasteiger partial charge in [-0.1, -0.05) is 12.2 Å². The molecule has 0 aliphatic heterocycles. The summed E-state index contributed by atoms with van der Waals surface area (Å²) in [6.07, 6.45) is 2.01. The van der Waals surface area contributed by atoms with Crippen LogP contribution in [0.2, 0.25) is 0 Å². The van der Waals surface area contributed by atoms with E-state index in [9.17, 15) is 37.1 Å². The Hall–Kier alpha value is -2.13. The van der Waals surface area contributed by atoms with Gasteiger partial charge >= 0.3 is 23.8 Å². The average molecular weight is 381 g/mol. The average Bonchev–Trinajstić information content (AvgIpc) is 3.05. The summed E-state index contributed by atoms with van der Waals surface area (Å²) < 4.78 is 63.0. The normalized spacial score (nSPS) is 28.1. The Labute approximate surface area is 146 Å². The third-order valence-electron chi connectivity index (χ3n) is 4.22. The molecule has 0 aromatic rings. The summed E-state index contributed by atoms with van der Waals surface area (Å²) in [5.74, 6) is -20.6. The van der Waals surface area contributed by atoms with Crippen LogP contribution in [0.25, 0.3) is 0 Å². The zero-order valence-corrected chi connectivity index (χ0v) is 14.1. The Kier molecular flexibility index (Phi) is 4.84. The van der Waals surface area contributed by atoms with Crippen LogP contribution in [-0.2, 0) is 23.9 Å². The highest BCUT2D eigenvalue weighted by atomic mass is 19.3. The summed E-state index contributed by atoms with van der Waals surface area (Å²) in [7, 11) is 0. The van der Waals surface area contributed by atoms with Gasteiger partial charge in [-0.2, -0.15) is 17.6 Å². The highest BCUT2D eigenvalue weighted by molar-refractivity contribution is 5.88. The molecule has 146 valence electrons.